The first kappa shape index (κ1) is 16.1. The van der Waals surface area contributed by atoms with E-state index in [0.29, 0.717) is 6.54 Å². The maximum Gasteiger partial charge on any atom is 0.137 e. The highest BCUT2D eigenvalue weighted by Gasteiger charge is 2.56. The minimum Gasteiger partial charge on any atom is -0.387 e. The zero-order valence-corrected chi connectivity index (χ0v) is 15.6. The van der Waals surface area contributed by atoms with E-state index in [4.69, 9.17) is 0 Å². The summed E-state index contributed by atoms with van der Waals surface area (Å²) in [6.45, 7) is 2.60. The molecule has 0 unspecified atom stereocenters. The average molecular weight is 429 g/mol. The van der Waals surface area contributed by atoms with Crippen LogP contribution in [0.2, 0.25) is 0 Å². The molecule has 0 saturated heterocycles. The van der Waals surface area contributed by atoms with E-state index in [1.54, 1.807) is 11.0 Å². The minimum atomic E-state index is -0.863. The highest BCUT2D eigenvalue weighted by molar-refractivity contribution is 9.10. The van der Waals surface area contributed by atoms with Crippen LogP contribution in [0.1, 0.15) is 31.2 Å². The number of aliphatic hydroxyl groups is 1. The molecule has 0 amide bonds. The Bertz CT molecular complexity index is 631. The molecule has 2 aromatic rings. The monoisotopic (exact) mass is 427 g/mol. The van der Waals surface area contributed by atoms with Gasteiger partial charge in [-0.1, -0.05) is 50.9 Å². The van der Waals surface area contributed by atoms with Crippen molar-refractivity contribution in [3.63, 3.8) is 0 Å². The van der Waals surface area contributed by atoms with E-state index in [1.165, 1.54) is 11.9 Å². The molecule has 1 fully saturated rings. The second kappa shape index (κ2) is 6.06. The fourth-order valence-electron chi connectivity index (χ4n) is 3.52. The largest absolute Gasteiger partial charge is 0.387 e. The van der Waals surface area contributed by atoms with Gasteiger partial charge in [-0.15, -0.1) is 0 Å². The first-order valence-electron chi connectivity index (χ1n) is 7.35. The van der Waals surface area contributed by atoms with Crippen molar-refractivity contribution in [1.82, 2.24) is 14.8 Å². The van der Waals surface area contributed by atoms with E-state index in [-0.39, 0.29) is 11.3 Å². The Kier molecular flexibility index (Phi) is 4.45. The Morgan fingerprint density at radius 2 is 2.09 bits per heavy atom. The van der Waals surface area contributed by atoms with Crippen molar-refractivity contribution in [2.75, 3.05) is 5.33 Å². The summed E-state index contributed by atoms with van der Waals surface area (Å²) in [7, 11) is 0. The summed E-state index contributed by atoms with van der Waals surface area (Å²) in [6.07, 6.45) is 5.13. The third-order valence-electron chi connectivity index (χ3n) is 5.04. The van der Waals surface area contributed by atoms with Gasteiger partial charge in [0.1, 0.15) is 12.7 Å². The summed E-state index contributed by atoms with van der Waals surface area (Å²) in [5, 5.41) is 16.6. The molecule has 0 radical (unpaired) electrons. The van der Waals surface area contributed by atoms with Crippen LogP contribution in [0.15, 0.2) is 41.4 Å². The highest BCUT2D eigenvalue weighted by Crippen LogP contribution is 2.55. The molecule has 1 aromatic heterocycles. The standard InChI is InChI=1S/C16H19Br2N3O/c1-15(8-17)7-6-14(12-2-4-13(18)5-3-12)16(15,22)9-21-11-19-10-20-21/h2-5,10-11,14,22H,6-9H2,1H3/t14-,15+,16+/m1/s1. The van der Waals surface area contributed by atoms with Gasteiger partial charge in [0.05, 0.1) is 12.1 Å². The third-order valence-corrected chi connectivity index (χ3v) is 6.81. The fourth-order valence-corrected chi connectivity index (χ4v) is 4.55. The number of hydrogen-bond acceptors (Lipinski definition) is 3. The van der Waals surface area contributed by atoms with Gasteiger partial charge in [0.25, 0.3) is 0 Å². The van der Waals surface area contributed by atoms with Crippen LogP contribution in [0.4, 0.5) is 0 Å². The van der Waals surface area contributed by atoms with Crippen LogP contribution in [-0.4, -0.2) is 30.8 Å². The molecule has 1 saturated carbocycles. The van der Waals surface area contributed by atoms with E-state index < -0.39 is 5.60 Å². The number of hydrogen-bond donors (Lipinski definition) is 1. The van der Waals surface area contributed by atoms with E-state index in [1.807, 2.05) is 12.1 Å². The van der Waals surface area contributed by atoms with Gasteiger partial charge in [-0.2, -0.15) is 5.10 Å². The smallest absolute Gasteiger partial charge is 0.137 e. The molecular formula is C16H19Br2N3O. The zero-order chi connectivity index (χ0) is 15.8. The number of aromatic nitrogens is 3. The Hall–Kier alpha value is -0.720. The van der Waals surface area contributed by atoms with Gasteiger partial charge in [-0.3, -0.25) is 4.68 Å². The van der Waals surface area contributed by atoms with Crippen molar-refractivity contribution in [2.45, 2.75) is 37.8 Å². The molecule has 118 valence electrons. The van der Waals surface area contributed by atoms with Crippen LogP contribution in [0.5, 0.6) is 0 Å². The second-order valence-corrected chi connectivity index (χ2v) is 7.83. The summed E-state index contributed by atoms with van der Waals surface area (Å²) >= 11 is 7.09. The third kappa shape index (κ3) is 2.65. The zero-order valence-electron chi connectivity index (χ0n) is 12.4. The first-order chi connectivity index (χ1) is 10.5. The number of nitrogens with zero attached hydrogens (tertiary/aromatic N) is 3. The topological polar surface area (TPSA) is 50.9 Å². The number of rotatable bonds is 4. The molecule has 0 aliphatic heterocycles. The molecule has 6 heteroatoms. The fraction of sp³-hybridized carbons (Fsp3) is 0.500. The minimum absolute atomic E-state index is 0.0901. The molecular weight excluding hydrogens is 410 g/mol. The van der Waals surface area contributed by atoms with Gasteiger partial charge in [0.2, 0.25) is 0 Å². The summed E-state index contributed by atoms with van der Waals surface area (Å²) < 4.78 is 2.79. The Morgan fingerprint density at radius 3 is 2.68 bits per heavy atom. The van der Waals surface area contributed by atoms with Crippen LogP contribution in [-0.2, 0) is 6.54 Å². The lowest BCUT2D eigenvalue weighted by Gasteiger charge is -2.42. The second-order valence-electron chi connectivity index (χ2n) is 6.35. The highest BCUT2D eigenvalue weighted by atomic mass is 79.9. The van der Waals surface area contributed by atoms with E-state index in [9.17, 15) is 5.11 Å². The van der Waals surface area contributed by atoms with Crippen LogP contribution in [0, 0.1) is 5.41 Å². The van der Waals surface area contributed by atoms with Gasteiger partial charge in [0.15, 0.2) is 0 Å². The van der Waals surface area contributed by atoms with Gasteiger partial charge >= 0.3 is 0 Å². The molecule has 3 rings (SSSR count). The van der Waals surface area contributed by atoms with Crippen molar-refractivity contribution < 1.29 is 5.11 Å². The van der Waals surface area contributed by atoms with Crippen LogP contribution >= 0.6 is 31.9 Å². The molecule has 3 atom stereocenters. The molecule has 0 spiro atoms. The summed E-state index contributed by atoms with van der Waals surface area (Å²) in [5.74, 6) is 0.0901. The Labute approximate surface area is 147 Å². The molecule has 4 nitrogen and oxygen atoms in total. The van der Waals surface area contributed by atoms with Gasteiger partial charge in [-0.05, 0) is 30.5 Å². The predicted octanol–water partition coefficient (Wildman–Crippen LogP) is 3.75. The lowest BCUT2D eigenvalue weighted by molar-refractivity contribution is -0.0684. The maximum absolute atomic E-state index is 11.6. The van der Waals surface area contributed by atoms with Gasteiger partial charge in [0, 0.05) is 21.1 Å². The lowest BCUT2D eigenvalue weighted by Crippen LogP contribution is -2.50. The molecule has 1 heterocycles. The molecule has 1 aromatic carbocycles. The van der Waals surface area contributed by atoms with Crippen LogP contribution < -0.4 is 0 Å². The molecule has 22 heavy (non-hydrogen) atoms. The quantitative estimate of drug-likeness (QED) is 0.754. The summed E-state index contributed by atoms with van der Waals surface area (Å²) in [4.78, 5) is 4.00. The van der Waals surface area contributed by atoms with E-state index >= 15 is 0 Å². The normalized spacial score (nSPS) is 31.5. The lowest BCUT2D eigenvalue weighted by atomic mass is 9.72. The first-order valence-corrected chi connectivity index (χ1v) is 9.26. The Balaban J connectivity index is 1.99. The van der Waals surface area contributed by atoms with E-state index in [0.717, 1.165) is 22.6 Å². The summed E-state index contributed by atoms with van der Waals surface area (Å²) in [5.41, 5.74) is 0.116. The Morgan fingerprint density at radius 1 is 1.36 bits per heavy atom. The van der Waals surface area contributed by atoms with Crippen molar-refractivity contribution >= 4 is 31.9 Å². The molecule has 1 aliphatic carbocycles. The average Bonchev–Trinajstić information content (AvgIpc) is 3.09. The molecule has 1 N–H and O–H groups in total. The van der Waals surface area contributed by atoms with E-state index in [2.05, 4.69) is 61.0 Å². The van der Waals surface area contributed by atoms with Crippen molar-refractivity contribution in [1.29, 1.82) is 0 Å². The predicted molar refractivity (Wildman–Crippen MR) is 93.0 cm³/mol. The number of halogens is 2. The number of alkyl halides is 1. The van der Waals surface area contributed by atoms with Gasteiger partial charge in [-0.25, -0.2) is 4.98 Å². The van der Waals surface area contributed by atoms with Gasteiger partial charge < -0.3 is 5.11 Å². The van der Waals surface area contributed by atoms with Crippen LogP contribution in [0.25, 0.3) is 0 Å². The molecule has 0 bridgehead atoms. The number of benzene rings is 1. The van der Waals surface area contributed by atoms with Crippen molar-refractivity contribution in [3.05, 3.63) is 47.0 Å². The molecule has 1 aliphatic rings. The van der Waals surface area contributed by atoms with Crippen molar-refractivity contribution in [2.24, 2.45) is 5.41 Å². The summed E-state index contributed by atoms with van der Waals surface area (Å²) in [6, 6.07) is 8.27. The maximum atomic E-state index is 11.6. The SMILES string of the molecule is C[C@@]1(CBr)CC[C@H](c2ccc(Br)cc2)[C@@]1(O)Cn1cncn1. The van der Waals surface area contributed by atoms with Crippen molar-refractivity contribution in [3.8, 4) is 0 Å². The van der Waals surface area contributed by atoms with Crippen LogP contribution in [0.3, 0.4) is 0 Å².